The van der Waals surface area contributed by atoms with Crippen LogP contribution in [0.5, 0.6) is 0 Å². The molecule has 0 amide bonds. The van der Waals surface area contributed by atoms with Crippen molar-refractivity contribution in [2.24, 2.45) is 11.8 Å². The van der Waals surface area contributed by atoms with Crippen LogP contribution in [0.2, 0.25) is 0 Å². The summed E-state index contributed by atoms with van der Waals surface area (Å²) in [6, 6.07) is 0. The zero-order chi connectivity index (χ0) is 43.4. The van der Waals surface area contributed by atoms with Crippen molar-refractivity contribution in [3.63, 3.8) is 0 Å². The van der Waals surface area contributed by atoms with Gasteiger partial charge in [0.25, 0.3) is 0 Å². The molecule has 346 valence electrons. The van der Waals surface area contributed by atoms with Crippen LogP contribution in [-0.4, -0.2) is 93.2 Å². The highest BCUT2D eigenvalue weighted by Gasteiger charge is 2.40. The van der Waals surface area contributed by atoms with Gasteiger partial charge in [0.1, 0.15) is 0 Å². The highest BCUT2D eigenvalue weighted by molar-refractivity contribution is 5.70. The van der Waals surface area contributed by atoms with Crippen molar-refractivity contribution in [3.05, 3.63) is 29.8 Å². The van der Waals surface area contributed by atoms with Crippen LogP contribution >= 0.6 is 0 Å². The van der Waals surface area contributed by atoms with Crippen LogP contribution in [0.1, 0.15) is 207 Å². The lowest BCUT2D eigenvalue weighted by Gasteiger charge is -2.33. The molecule has 0 bridgehead atoms. The molecule has 2 rings (SSSR count). The molecular weight excluding hydrogens is 749 g/mol. The summed E-state index contributed by atoms with van der Waals surface area (Å²) in [6.07, 6.45) is 34.3. The standard InChI is InChI=1S/C52H92N2O6/c1-6-9-24-31-47(4)44-50(55)57-42-29-22-18-14-12-16-20-27-35-52(59-46-49(60-52)34-37-54-40-38-53(5)39-41-54)36-28-21-17-13-15-19-23-30-43-58-51(56)45-48(32-25-10-7-2)33-26-11-8-3/h32,47-49H,2,6,8-9,11-24,26-31,33-46H2,1,3-5H3. The monoisotopic (exact) mass is 841 g/mol. The van der Waals surface area contributed by atoms with Gasteiger partial charge >= 0.3 is 11.9 Å². The van der Waals surface area contributed by atoms with E-state index in [1.807, 2.05) is 6.08 Å². The van der Waals surface area contributed by atoms with Gasteiger partial charge in [0.2, 0.25) is 0 Å². The molecule has 8 nitrogen and oxygen atoms in total. The van der Waals surface area contributed by atoms with Gasteiger partial charge < -0.3 is 28.7 Å². The lowest BCUT2D eigenvalue weighted by atomic mass is 9.98. The Labute approximate surface area is 369 Å². The van der Waals surface area contributed by atoms with E-state index in [2.05, 4.69) is 61.4 Å². The number of ether oxygens (including phenoxy) is 4. The number of carbonyl (C=O) groups excluding carboxylic acids is 2. The minimum Gasteiger partial charge on any atom is -0.466 e. The second kappa shape index (κ2) is 36.4. The minimum absolute atomic E-state index is 0.0174. The maximum Gasteiger partial charge on any atom is 0.306 e. The second-order valence-corrected chi connectivity index (χ2v) is 18.4. The molecule has 2 fully saturated rings. The number of hydrogen-bond acceptors (Lipinski definition) is 8. The number of carbonyl (C=O) groups is 2. The van der Waals surface area contributed by atoms with E-state index in [9.17, 15) is 9.59 Å². The molecule has 8 heteroatoms. The smallest absolute Gasteiger partial charge is 0.306 e. The number of rotatable bonds is 38. The number of unbranched alkanes of at least 4 members (excludes halogenated alkanes) is 18. The number of esters is 2. The number of piperazine rings is 1. The van der Waals surface area contributed by atoms with E-state index in [0.717, 1.165) is 123 Å². The van der Waals surface area contributed by atoms with Gasteiger partial charge in [0.05, 0.1) is 32.3 Å². The molecule has 0 aromatic heterocycles. The predicted molar refractivity (Wildman–Crippen MR) is 248 cm³/mol. The Morgan fingerprint density at radius 3 is 1.78 bits per heavy atom. The molecule has 0 aliphatic carbocycles. The molecule has 60 heavy (non-hydrogen) atoms. The van der Waals surface area contributed by atoms with Gasteiger partial charge in [-0.2, -0.15) is 0 Å². The highest BCUT2D eigenvalue weighted by Crippen LogP contribution is 2.36. The van der Waals surface area contributed by atoms with Crippen molar-refractivity contribution >= 4 is 11.9 Å². The molecule has 2 aliphatic heterocycles. The first-order valence-corrected chi connectivity index (χ1v) is 25.2. The maximum atomic E-state index is 12.5. The van der Waals surface area contributed by atoms with Gasteiger partial charge in [-0.1, -0.05) is 154 Å². The predicted octanol–water partition coefficient (Wildman–Crippen LogP) is 12.7. The van der Waals surface area contributed by atoms with Gasteiger partial charge in [-0.15, -0.1) is 0 Å². The van der Waals surface area contributed by atoms with E-state index in [1.54, 1.807) is 0 Å². The topological polar surface area (TPSA) is 77.5 Å². The Morgan fingerprint density at radius 2 is 1.23 bits per heavy atom. The molecule has 2 aliphatic rings. The van der Waals surface area contributed by atoms with Crippen LogP contribution in [0.15, 0.2) is 29.8 Å². The van der Waals surface area contributed by atoms with Gasteiger partial charge in [0.15, 0.2) is 5.79 Å². The average molecular weight is 841 g/mol. The van der Waals surface area contributed by atoms with Gasteiger partial charge in [-0.25, -0.2) is 0 Å². The molecule has 0 saturated carbocycles. The first kappa shape index (κ1) is 54.0. The lowest BCUT2D eigenvalue weighted by Crippen LogP contribution is -2.45. The van der Waals surface area contributed by atoms with Gasteiger partial charge in [-0.3, -0.25) is 9.59 Å². The van der Waals surface area contributed by atoms with E-state index in [-0.39, 0.29) is 24.0 Å². The van der Waals surface area contributed by atoms with Crippen LogP contribution < -0.4 is 0 Å². The molecule has 0 aromatic rings. The zero-order valence-electron chi connectivity index (χ0n) is 39.5. The van der Waals surface area contributed by atoms with Crippen molar-refractivity contribution in [3.8, 4) is 0 Å². The number of likely N-dealkylation sites (N-methyl/N-ethyl adjacent to an activating group) is 1. The van der Waals surface area contributed by atoms with E-state index < -0.39 is 5.79 Å². The summed E-state index contributed by atoms with van der Waals surface area (Å²) in [5.41, 5.74) is 8.30. The second-order valence-electron chi connectivity index (χ2n) is 18.4. The van der Waals surface area contributed by atoms with E-state index in [4.69, 9.17) is 18.9 Å². The summed E-state index contributed by atoms with van der Waals surface area (Å²) in [4.78, 5) is 29.6. The minimum atomic E-state index is -0.403. The molecule has 4 atom stereocenters. The van der Waals surface area contributed by atoms with Crippen molar-refractivity contribution in [1.29, 1.82) is 0 Å². The van der Waals surface area contributed by atoms with Crippen molar-refractivity contribution < 1.29 is 28.5 Å². The molecule has 0 radical (unpaired) electrons. The fraction of sp³-hybridized carbons (Fsp3) is 0.865. The van der Waals surface area contributed by atoms with E-state index in [0.29, 0.717) is 32.0 Å². The largest absolute Gasteiger partial charge is 0.466 e. The Hall–Kier alpha value is -2.14. The Kier molecular flexibility index (Phi) is 32.7. The summed E-state index contributed by atoms with van der Waals surface area (Å²) in [5.74, 6) is 0.0444. The van der Waals surface area contributed by atoms with E-state index >= 15 is 0 Å². The van der Waals surface area contributed by atoms with Crippen molar-refractivity contribution in [2.45, 2.75) is 219 Å². The summed E-state index contributed by atoms with van der Waals surface area (Å²) in [7, 11) is 2.22. The Bertz CT molecular complexity index is 1200. The summed E-state index contributed by atoms with van der Waals surface area (Å²) >= 11 is 0. The van der Waals surface area contributed by atoms with Crippen LogP contribution in [-0.2, 0) is 28.5 Å². The number of nitrogens with zero attached hydrogens (tertiary/aromatic N) is 2. The van der Waals surface area contributed by atoms with Crippen molar-refractivity contribution in [1.82, 2.24) is 9.80 Å². The number of hydrogen-bond donors (Lipinski definition) is 0. The fourth-order valence-corrected chi connectivity index (χ4v) is 8.60. The SMILES string of the molecule is C=C=C=C=CC(CCCCC)CC(=O)OCCCCCCCCCCC1(CCCCCCCCCCOC(=O)CC(C)CCCCC)OCC(CCN2CCN(C)CC2)O1. The third-order valence-electron chi connectivity index (χ3n) is 12.6. The molecule has 0 N–H and O–H groups in total. The zero-order valence-corrected chi connectivity index (χ0v) is 39.5. The molecule has 2 saturated heterocycles. The summed E-state index contributed by atoms with van der Waals surface area (Å²) in [5, 5.41) is 0. The van der Waals surface area contributed by atoms with Crippen LogP contribution in [0.3, 0.4) is 0 Å². The first-order valence-electron chi connectivity index (χ1n) is 25.2. The lowest BCUT2D eigenvalue weighted by molar-refractivity contribution is -0.180. The Balaban J connectivity index is 1.60. The average Bonchev–Trinajstić information content (AvgIpc) is 3.64. The molecule has 0 aromatic carbocycles. The van der Waals surface area contributed by atoms with Crippen LogP contribution in [0.4, 0.5) is 0 Å². The van der Waals surface area contributed by atoms with E-state index in [1.165, 1.54) is 89.9 Å². The normalized spacial score (nSPS) is 19.3. The Morgan fingerprint density at radius 1 is 0.717 bits per heavy atom. The maximum absolute atomic E-state index is 12.5. The number of allylic oxidation sites excluding steroid dienone is 1. The van der Waals surface area contributed by atoms with Gasteiger partial charge in [0, 0.05) is 52.0 Å². The summed E-state index contributed by atoms with van der Waals surface area (Å²) in [6.45, 7) is 17.6. The molecule has 4 unspecified atom stereocenters. The van der Waals surface area contributed by atoms with Crippen molar-refractivity contribution in [2.75, 3.05) is 59.6 Å². The summed E-state index contributed by atoms with van der Waals surface area (Å²) < 4.78 is 24.5. The van der Waals surface area contributed by atoms with Crippen LogP contribution in [0.25, 0.3) is 0 Å². The highest BCUT2D eigenvalue weighted by atomic mass is 16.7. The van der Waals surface area contributed by atoms with Gasteiger partial charge in [-0.05, 0) is 75.8 Å². The third-order valence-corrected chi connectivity index (χ3v) is 12.6. The molecule has 2 heterocycles. The quantitative estimate of drug-likeness (QED) is 0.0346. The molecular formula is C52H92N2O6. The first-order chi connectivity index (χ1) is 29.3. The van der Waals surface area contributed by atoms with Crippen LogP contribution in [0, 0.1) is 11.8 Å². The molecule has 0 spiro atoms. The third kappa shape index (κ3) is 28.5. The fourth-order valence-electron chi connectivity index (χ4n) is 8.60.